The third-order valence-electron chi connectivity index (χ3n) is 3.27. The molecule has 1 atom stereocenters. The summed E-state index contributed by atoms with van der Waals surface area (Å²) in [7, 11) is 4.31. The minimum absolute atomic E-state index is 0.761. The summed E-state index contributed by atoms with van der Waals surface area (Å²) in [5.41, 5.74) is 0. The molecule has 0 radical (unpaired) electrons. The van der Waals surface area contributed by atoms with Crippen molar-refractivity contribution >= 4 is 0 Å². The molecule has 0 aliphatic carbocycles. The number of likely N-dealkylation sites (N-methyl/N-ethyl adjacent to an activating group) is 1. The number of nitrogens with one attached hydrogen (secondary N) is 1. The smallest absolute Gasteiger partial charge is 0.0221 e. The van der Waals surface area contributed by atoms with Crippen LogP contribution in [-0.2, 0) is 0 Å². The first-order valence-corrected chi connectivity index (χ1v) is 6.69. The molecular formula is C13H29N3. The van der Waals surface area contributed by atoms with E-state index in [4.69, 9.17) is 0 Å². The Morgan fingerprint density at radius 1 is 1.38 bits per heavy atom. The van der Waals surface area contributed by atoms with Crippen LogP contribution in [0.4, 0.5) is 0 Å². The van der Waals surface area contributed by atoms with Gasteiger partial charge in [0, 0.05) is 25.7 Å². The van der Waals surface area contributed by atoms with Gasteiger partial charge in [0.25, 0.3) is 0 Å². The van der Waals surface area contributed by atoms with E-state index in [1.165, 1.54) is 39.0 Å². The Kier molecular flexibility index (Phi) is 6.32. The summed E-state index contributed by atoms with van der Waals surface area (Å²) in [4.78, 5) is 4.92. The van der Waals surface area contributed by atoms with Crippen LogP contribution in [0.3, 0.4) is 0 Å². The minimum Gasteiger partial charge on any atom is -0.315 e. The normalized spacial score (nSPS) is 22.5. The molecule has 1 saturated heterocycles. The standard InChI is InChI=1S/C13H29N3/c1-12(2)10-14-11-13-6-5-7-16(13)9-8-15(3)4/h12-14H,5-11H2,1-4H3. The fourth-order valence-corrected chi connectivity index (χ4v) is 2.29. The molecule has 0 amide bonds. The molecule has 1 rings (SSSR count). The van der Waals surface area contributed by atoms with Gasteiger partial charge < -0.3 is 10.2 Å². The van der Waals surface area contributed by atoms with Gasteiger partial charge in [-0.05, 0) is 45.9 Å². The van der Waals surface area contributed by atoms with E-state index in [1.54, 1.807) is 0 Å². The molecule has 3 heteroatoms. The van der Waals surface area contributed by atoms with Crippen LogP contribution in [0.5, 0.6) is 0 Å². The van der Waals surface area contributed by atoms with Gasteiger partial charge in [0.1, 0.15) is 0 Å². The molecule has 0 saturated carbocycles. The van der Waals surface area contributed by atoms with Crippen molar-refractivity contribution in [2.75, 3.05) is 46.8 Å². The molecule has 0 aromatic heterocycles. The average molecular weight is 227 g/mol. The van der Waals surface area contributed by atoms with Gasteiger partial charge in [-0.25, -0.2) is 0 Å². The predicted octanol–water partition coefficient (Wildman–Crippen LogP) is 1.26. The zero-order valence-corrected chi connectivity index (χ0v) is 11.5. The summed E-state index contributed by atoms with van der Waals surface area (Å²) in [6.07, 6.45) is 2.75. The lowest BCUT2D eigenvalue weighted by Crippen LogP contribution is -2.41. The second kappa shape index (κ2) is 7.25. The van der Waals surface area contributed by atoms with E-state index in [-0.39, 0.29) is 0 Å². The van der Waals surface area contributed by atoms with Crippen LogP contribution in [-0.4, -0.2) is 62.7 Å². The highest BCUT2D eigenvalue weighted by molar-refractivity contribution is 4.81. The predicted molar refractivity (Wildman–Crippen MR) is 70.9 cm³/mol. The van der Waals surface area contributed by atoms with Crippen LogP contribution in [0.2, 0.25) is 0 Å². The van der Waals surface area contributed by atoms with Gasteiger partial charge in [-0.1, -0.05) is 13.8 Å². The summed E-state index contributed by atoms with van der Waals surface area (Å²) in [6.45, 7) is 10.6. The van der Waals surface area contributed by atoms with Gasteiger partial charge in [0.05, 0.1) is 0 Å². The summed E-state index contributed by atoms with van der Waals surface area (Å²) in [6, 6.07) is 0.777. The van der Waals surface area contributed by atoms with Gasteiger partial charge in [-0.15, -0.1) is 0 Å². The molecule has 0 spiro atoms. The zero-order chi connectivity index (χ0) is 12.0. The molecule has 3 nitrogen and oxygen atoms in total. The number of nitrogens with zero attached hydrogens (tertiary/aromatic N) is 2. The quantitative estimate of drug-likeness (QED) is 0.706. The Morgan fingerprint density at radius 2 is 2.12 bits per heavy atom. The summed E-state index contributed by atoms with van der Waals surface area (Å²) >= 11 is 0. The highest BCUT2D eigenvalue weighted by atomic mass is 15.2. The lowest BCUT2D eigenvalue weighted by molar-refractivity contribution is 0.220. The molecule has 1 aliphatic heterocycles. The van der Waals surface area contributed by atoms with Crippen molar-refractivity contribution in [2.45, 2.75) is 32.7 Å². The van der Waals surface area contributed by atoms with E-state index in [0.29, 0.717) is 0 Å². The molecule has 0 aromatic carbocycles. The molecule has 0 aromatic rings. The van der Waals surface area contributed by atoms with Crippen LogP contribution in [0.1, 0.15) is 26.7 Å². The molecule has 1 heterocycles. The van der Waals surface area contributed by atoms with Crippen LogP contribution in [0.25, 0.3) is 0 Å². The van der Waals surface area contributed by atoms with Gasteiger partial charge in [0.15, 0.2) is 0 Å². The van der Waals surface area contributed by atoms with E-state index in [9.17, 15) is 0 Å². The summed E-state index contributed by atoms with van der Waals surface area (Å²) in [5, 5.41) is 3.59. The fourth-order valence-electron chi connectivity index (χ4n) is 2.29. The lowest BCUT2D eigenvalue weighted by Gasteiger charge is -2.26. The Morgan fingerprint density at radius 3 is 2.75 bits per heavy atom. The molecule has 1 unspecified atom stereocenters. The SMILES string of the molecule is CC(C)CNCC1CCCN1CCN(C)C. The van der Waals surface area contributed by atoms with Crippen molar-refractivity contribution in [3.8, 4) is 0 Å². The Labute approximate surface area is 101 Å². The molecular weight excluding hydrogens is 198 g/mol. The molecule has 0 bridgehead atoms. The summed E-state index contributed by atoms with van der Waals surface area (Å²) < 4.78 is 0. The van der Waals surface area contributed by atoms with E-state index in [2.05, 4.69) is 43.1 Å². The maximum Gasteiger partial charge on any atom is 0.0221 e. The molecule has 96 valence electrons. The lowest BCUT2D eigenvalue weighted by atomic mass is 10.2. The van der Waals surface area contributed by atoms with Crippen molar-refractivity contribution in [2.24, 2.45) is 5.92 Å². The van der Waals surface area contributed by atoms with Crippen LogP contribution in [0, 0.1) is 5.92 Å². The maximum absolute atomic E-state index is 3.59. The number of rotatable bonds is 7. The second-order valence-corrected chi connectivity index (χ2v) is 5.69. The summed E-state index contributed by atoms with van der Waals surface area (Å²) in [5.74, 6) is 0.761. The average Bonchev–Trinajstić information content (AvgIpc) is 2.62. The molecule has 1 aliphatic rings. The number of hydrogen-bond donors (Lipinski definition) is 1. The van der Waals surface area contributed by atoms with Crippen LogP contribution in [0.15, 0.2) is 0 Å². The van der Waals surface area contributed by atoms with Crippen LogP contribution < -0.4 is 5.32 Å². The van der Waals surface area contributed by atoms with Crippen molar-refractivity contribution in [1.82, 2.24) is 15.1 Å². The highest BCUT2D eigenvalue weighted by Gasteiger charge is 2.23. The third-order valence-corrected chi connectivity index (χ3v) is 3.27. The van der Waals surface area contributed by atoms with Gasteiger partial charge in [0.2, 0.25) is 0 Å². The second-order valence-electron chi connectivity index (χ2n) is 5.69. The van der Waals surface area contributed by atoms with Gasteiger partial charge in [-0.3, -0.25) is 4.90 Å². The van der Waals surface area contributed by atoms with E-state index in [0.717, 1.165) is 18.5 Å². The van der Waals surface area contributed by atoms with Crippen molar-refractivity contribution in [3.63, 3.8) is 0 Å². The first-order chi connectivity index (χ1) is 7.59. The number of hydrogen-bond acceptors (Lipinski definition) is 3. The highest BCUT2D eigenvalue weighted by Crippen LogP contribution is 2.15. The Hall–Kier alpha value is -0.120. The zero-order valence-electron chi connectivity index (χ0n) is 11.5. The van der Waals surface area contributed by atoms with Crippen LogP contribution >= 0.6 is 0 Å². The van der Waals surface area contributed by atoms with E-state index >= 15 is 0 Å². The molecule has 16 heavy (non-hydrogen) atoms. The Balaban J connectivity index is 2.18. The van der Waals surface area contributed by atoms with Gasteiger partial charge in [-0.2, -0.15) is 0 Å². The van der Waals surface area contributed by atoms with Gasteiger partial charge >= 0.3 is 0 Å². The van der Waals surface area contributed by atoms with E-state index in [1.807, 2.05) is 0 Å². The fraction of sp³-hybridized carbons (Fsp3) is 1.00. The topological polar surface area (TPSA) is 18.5 Å². The van der Waals surface area contributed by atoms with E-state index < -0.39 is 0 Å². The maximum atomic E-state index is 3.59. The largest absolute Gasteiger partial charge is 0.315 e. The first-order valence-electron chi connectivity index (χ1n) is 6.69. The Bertz CT molecular complexity index is 180. The number of likely N-dealkylation sites (tertiary alicyclic amines) is 1. The van der Waals surface area contributed by atoms with Crippen molar-refractivity contribution in [3.05, 3.63) is 0 Å². The first kappa shape index (κ1) is 13.9. The minimum atomic E-state index is 0.761. The molecule has 1 N–H and O–H groups in total. The third kappa shape index (κ3) is 5.28. The monoisotopic (exact) mass is 227 g/mol. The van der Waals surface area contributed by atoms with Crippen molar-refractivity contribution < 1.29 is 0 Å². The molecule has 1 fully saturated rings. The van der Waals surface area contributed by atoms with Crippen molar-refractivity contribution in [1.29, 1.82) is 0 Å².